The summed E-state index contributed by atoms with van der Waals surface area (Å²) >= 11 is 0. The average molecular weight is 252 g/mol. The van der Waals surface area contributed by atoms with Crippen LogP contribution in [0.25, 0.3) is 0 Å². The molecule has 5 heteroatoms. The lowest BCUT2D eigenvalue weighted by Gasteiger charge is -2.20. The van der Waals surface area contributed by atoms with Gasteiger partial charge in [0.2, 0.25) is 0 Å². The maximum atomic E-state index is 11.6. The Kier molecular flexibility index (Phi) is 3.43. The van der Waals surface area contributed by atoms with E-state index >= 15 is 0 Å². The number of carbonyl (C=O) groups excluding carboxylic acids is 1. The number of aryl methyl sites for hydroxylation is 1. The quantitative estimate of drug-likeness (QED) is 0.771. The molecule has 5 nitrogen and oxygen atoms in total. The van der Waals surface area contributed by atoms with E-state index in [0.29, 0.717) is 12.2 Å². The van der Waals surface area contributed by atoms with Crippen molar-refractivity contribution in [2.24, 2.45) is 0 Å². The first-order valence-electron chi connectivity index (χ1n) is 6.21. The van der Waals surface area contributed by atoms with E-state index in [-0.39, 0.29) is 17.7 Å². The highest BCUT2D eigenvalue weighted by atomic mass is 16.5. The number of imidazole rings is 1. The number of methoxy groups -OCH3 is 1. The second-order valence-corrected chi connectivity index (χ2v) is 5.33. The molecule has 1 aliphatic heterocycles. The predicted molar refractivity (Wildman–Crippen MR) is 66.5 cm³/mol. The third-order valence-corrected chi connectivity index (χ3v) is 3.39. The fourth-order valence-corrected chi connectivity index (χ4v) is 2.38. The molecule has 1 aromatic rings. The predicted octanol–water partition coefficient (Wildman–Crippen LogP) is 1.94. The third kappa shape index (κ3) is 2.56. The number of nitrogens with zero attached hydrogens (tertiary/aromatic N) is 2. The van der Waals surface area contributed by atoms with E-state index in [1.54, 1.807) is 6.20 Å². The Balaban J connectivity index is 2.14. The first-order chi connectivity index (χ1) is 8.43. The first kappa shape index (κ1) is 13.1. The second-order valence-electron chi connectivity index (χ2n) is 5.33. The molecule has 1 saturated heterocycles. The first-order valence-corrected chi connectivity index (χ1v) is 6.21. The topological polar surface area (TPSA) is 53.3 Å². The number of ether oxygens (including phenoxy) is 2. The summed E-state index contributed by atoms with van der Waals surface area (Å²) in [6, 6.07) is 0. The smallest absolute Gasteiger partial charge is 0.356 e. The van der Waals surface area contributed by atoms with E-state index in [0.717, 1.165) is 18.7 Å². The number of hydrogen-bond acceptors (Lipinski definition) is 4. The standard InChI is InChI=1S/C13H20N2O3/c1-9-14-7-11(12(16)17-4)15(9)8-10-5-6-13(2,3)18-10/h7,10H,5-6,8H2,1-4H3. The van der Waals surface area contributed by atoms with Gasteiger partial charge in [-0.25, -0.2) is 9.78 Å². The van der Waals surface area contributed by atoms with Crippen molar-refractivity contribution in [3.63, 3.8) is 0 Å². The van der Waals surface area contributed by atoms with Crippen LogP contribution in [0.3, 0.4) is 0 Å². The molecule has 1 aromatic heterocycles. The van der Waals surface area contributed by atoms with Gasteiger partial charge in [0.15, 0.2) is 0 Å². The van der Waals surface area contributed by atoms with Crippen molar-refractivity contribution in [1.82, 2.24) is 9.55 Å². The highest BCUT2D eigenvalue weighted by molar-refractivity contribution is 5.87. The molecule has 0 amide bonds. The molecule has 0 N–H and O–H groups in total. The molecule has 18 heavy (non-hydrogen) atoms. The molecule has 0 bridgehead atoms. The van der Waals surface area contributed by atoms with Gasteiger partial charge in [0.05, 0.1) is 31.6 Å². The lowest BCUT2D eigenvalue weighted by molar-refractivity contribution is -0.0222. The Labute approximate surface area is 107 Å². The van der Waals surface area contributed by atoms with Crippen LogP contribution in [0.4, 0.5) is 0 Å². The normalized spacial score (nSPS) is 22.1. The zero-order chi connectivity index (χ0) is 13.3. The largest absolute Gasteiger partial charge is 0.464 e. The van der Waals surface area contributed by atoms with Crippen LogP contribution in [-0.4, -0.2) is 34.3 Å². The van der Waals surface area contributed by atoms with Gasteiger partial charge in [-0.15, -0.1) is 0 Å². The molecule has 100 valence electrons. The van der Waals surface area contributed by atoms with Crippen molar-refractivity contribution >= 4 is 5.97 Å². The summed E-state index contributed by atoms with van der Waals surface area (Å²) in [5, 5.41) is 0. The highest BCUT2D eigenvalue weighted by Crippen LogP contribution is 2.30. The van der Waals surface area contributed by atoms with Gasteiger partial charge in [0.25, 0.3) is 0 Å². The van der Waals surface area contributed by atoms with Crippen LogP contribution in [0.5, 0.6) is 0 Å². The molecular weight excluding hydrogens is 232 g/mol. The van der Waals surface area contributed by atoms with E-state index in [1.807, 2.05) is 11.5 Å². The van der Waals surface area contributed by atoms with Gasteiger partial charge in [0, 0.05) is 0 Å². The van der Waals surface area contributed by atoms with Crippen LogP contribution < -0.4 is 0 Å². The number of aromatic nitrogens is 2. The molecule has 1 fully saturated rings. The fourth-order valence-electron chi connectivity index (χ4n) is 2.38. The molecule has 1 unspecified atom stereocenters. The van der Waals surface area contributed by atoms with Gasteiger partial charge in [-0.2, -0.15) is 0 Å². The van der Waals surface area contributed by atoms with Crippen molar-refractivity contribution in [3.05, 3.63) is 17.7 Å². The molecular formula is C13H20N2O3. The maximum Gasteiger partial charge on any atom is 0.356 e. The van der Waals surface area contributed by atoms with Crippen LogP contribution in [0.2, 0.25) is 0 Å². The van der Waals surface area contributed by atoms with Crippen LogP contribution in [0.15, 0.2) is 6.20 Å². The van der Waals surface area contributed by atoms with E-state index in [4.69, 9.17) is 9.47 Å². The molecule has 0 radical (unpaired) electrons. The summed E-state index contributed by atoms with van der Waals surface area (Å²) in [5.41, 5.74) is 0.424. The summed E-state index contributed by atoms with van der Waals surface area (Å²) in [6.45, 7) is 6.72. The lowest BCUT2D eigenvalue weighted by atomic mass is 10.1. The number of hydrogen-bond donors (Lipinski definition) is 0. The van der Waals surface area contributed by atoms with Gasteiger partial charge in [-0.1, -0.05) is 0 Å². The lowest BCUT2D eigenvalue weighted by Crippen LogP contribution is -2.25. The van der Waals surface area contributed by atoms with Gasteiger partial charge in [-0.3, -0.25) is 0 Å². The van der Waals surface area contributed by atoms with Crippen molar-refractivity contribution < 1.29 is 14.3 Å². The molecule has 0 saturated carbocycles. The molecule has 0 aromatic carbocycles. The highest BCUT2D eigenvalue weighted by Gasteiger charge is 2.32. The van der Waals surface area contributed by atoms with Crippen LogP contribution in [-0.2, 0) is 16.0 Å². The summed E-state index contributed by atoms with van der Waals surface area (Å²) in [4.78, 5) is 15.8. The minimum Gasteiger partial charge on any atom is -0.464 e. The van der Waals surface area contributed by atoms with Gasteiger partial charge < -0.3 is 14.0 Å². The summed E-state index contributed by atoms with van der Waals surface area (Å²) < 4.78 is 12.6. The molecule has 2 rings (SSSR count). The number of esters is 1. The van der Waals surface area contributed by atoms with Gasteiger partial charge >= 0.3 is 5.97 Å². The summed E-state index contributed by atoms with van der Waals surface area (Å²) in [6.07, 6.45) is 3.74. The van der Waals surface area contributed by atoms with E-state index in [2.05, 4.69) is 18.8 Å². The number of rotatable bonds is 3. The van der Waals surface area contributed by atoms with Gasteiger partial charge in [0.1, 0.15) is 11.5 Å². The van der Waals surface area contributed by atoms with Crippen molar-refractivity contribution in [3.8, 4) is 0 Å². The van der Waals surface area contributed by atoms with E-state index in [9.17, 15) is 4.79 Å². The Morgan fingerprint density at radius 1 is 1.67 bits per heavy atom. The minimum atomic E-state index is -0.354. The van der Waals surface area contributed by atoms with Crippen molar-refractivity contribution in [1.29, 1.82) is 0 Å². The Morgan fingerprint density at radius 3 is 2.94 bits per heavy atom. The monoisotopic (exact) mass is 252 g/mol. The Bertz CT molecular complexity index is 451. The average Bonchev–Trinajstić information content (AvgIpc) is 2.83. The number of carbonyl (C=O) groups is 1. The van der Waals surface area contributed by atoms with Crippen LogP contribution >= 0.6 is 0 Å². The van der Waals surface area contributed by atoms with E-state index in [1.165, 1.54) is 7.11 Å². The Morgan fingerprint density at radius 2 is 2.39 bits per heavy atom. The molecule has 0 spiro atoms. The minimum absolute atomic E-state index is 0.0649. The van der Waals surface area contributed by atoms with Crippen LogP contribution in [0.1, 0.15) is 43.0 Å². The molecule has 1 atom stereocenters. The van der Waals surface area contributed by atoms with Crippen LogP contribution in [0, 0.1) is 6.92 Å². The van der Waals surface area contributed by atoms with Crippen molar-refractivity contribution in [2.45, 2.75) is 51.9 Å². The third-order valence-electron chi connectivity index (χ3n) is 3.39. The SMILES string of the molecule is COC(=O)c1cnc(C)n1CC1CCC(C)(C)O1. The fraction of sp³-hybridized carbons (Fsp3) is 0.692. The van der Waals surface area contributed by atoms with E-state index < -0.39 is 0 Å². The van der Waals surface area contributed by atoms with Crippen molar-refractivity contribution in [2.75, 3.05) is 7.11 Å². The zero-order valence-electron chi connectivity index (χ0n) is 11.4. The summed E-state index contributed by atoms with van der Waals surface area (Å²) in [7, 11) is 1.38. The summed E-state index contributed by atoms with van der Waals surface area (Å²) in [5.74, 6) is 0.455. The molecule has 2 heterocycles. The zero-order valence-corrected chi connectivity index (χ0v) is 11.4. The van der Waals surface area contributed by atoms with Gasteiger partial charge in [-0.05, 0) is 33.6 Å². The molecule has 0 aliphatic carbocycles. The molecule has 1 aliphatic rings. The maximum absolute atomic E-state index is 11.6. The Hall–Kier alpha value is -1.36. The second kappa shape index (κ2) is 4.72.